The number of aromatic nitrogens is 3. The number of halogens is 1. The molecule has 3 aromatic rings. The molecule has 1 heterocycles. The van der Waals surface area contributed by atoms with Gasteiger partial charge in [-0.2, -0.15) is 0 Å². The second-order valence-electron chi connectivity index (χ2n) is 5.97. The number of rotatable bonds is 6. The summed E-state index contributed by atoms with van der Waals surface area (Å²) in [6.07, 6.45) is 2.23. The molecule has 0 saturated heterocycles. The van der Waals surface area contributed by atoms with E-state index < -0.39 is 5.82 Å². The topological polar surface area (TPSA) is 47.8 Å². The Hall–Kier alpha value is -2.47. The van der Waals surface area contributed by atoms with Crippen molar-refractivity contribution in [1.29, 1.82) is 0 Å². The summed E-state index contributed by atoms with van der Waals surface area (Å²) in [6, 6.07) is 15.9. The summed E-state index contributed by atoms with van der Waals surface area (Å²) in [7, 11) is 0. The van der Waals surface area contributed by atoms with Crippen LogP contribution in [0.3, 0.4) is 0 Å². The Labute approximate surface area is 149 Å². The van der Waals surface area contributed by atoms with Gasteiger partial charge in [0.25, 0.3) is 0 Å². The number of Topliss-reactive ketones (excluding diaryl/α,β-unsaturated/α-hetero) is 1. The number of thioether (sulfide) groups is 1. The van der Waals surface area contributed by atoms with Crippen molar-refractivity contribution in [3.8, 4) is 5.69 Å². The molecule has 25 heavy (non-hydrogen) atoms. The van der Waals surface area contributed by atoms with Crippen LogP contribution in [0.2, 0.25) is 0 Å². The average molecular weight is 353 g/mol. The summed E-state index contributed by atoms with van der Waals surface area (Å²) in [5.74, 6) is 0.738. The Balaban J connectivity index is 1.54. The molecule has 0 amide bonds. The molecule has 126 valence electrons. The van der Waals surface area contributed by atoms with E-state index in [1.54, 1.807) is 12.1 Å². The molecule has 6 heteroatoms. The highest BCUT2D eigenvalue weighted by Crippen LogP contribution is 2.40. The largest absolute Gasteiger partial charge is 0.293 e. The lowest BCUT2D eigenvalue weighted by molar-refractivity contribution is 0.101. The van der Waals surface area contributed by atoms with Gasteiger partial charge >= 0.3 is 0 Å². The van der Waals surface area contributed by atoms with Crippen LogP contribution in [0.25, 0.3) is 5.69 Å². The van der Waals surface area contributed by atoms with Crippen LogP contribution in [0.15, 0.2) is 59.8 Å². The summed E-state index contributed by atoms with van der Waals surface area (Å²) in [4.78, 5) is 16.8. The summed E-state index contributed by atoms with van der Waals surface area (Å²) in [5, 5.41) is 5.10. The minimum Gasteiger partial charge on any atom is -0.293 e. The number of ketones is 1. The highest BCUT2D eigenvalue weighted by Gasteiger charge is 2.30. The Kier molecular flexibility index (Phi) is 4.36. The van der Waals surface area contributed by atoms with E-state index in [9.17, 15) is 9.18 Å². The number of hydrogen-bond donors (Lipinski definition) is 0. The summed E-state index contributed by atoms with van der Waals surface area (Å²) in [5.41, 5.74) is 1.07. The van der Waals surface area contributed by atoms with Gasteiger partial charge in [-0.15, -0.1) is 5.10 Å². The first-order valence-electron chi connectivity index (χ1n) is 8.15. The van der Waals surface area contributed by atoms with Crippen LogP contribution in [0.1, 0.15) is 34.9 Å². The Bertz CT molecular complexity index is 906. The second kappa shape index (κ2) is 6.80. The van der Waals surface area contributed by atoms with E-state index in [4.69, 9.17) is 0 Å². The van der Waals surface area contributed by atoms with Crippen molar-refractivity contribution < 1.29 is 9.18 Å². The average Bonchev–Trinajstić information content (AvgIpc) is 3.40. The molecule has 1 saturated carbocycles. The van der Waals surface area contributed by atoms with Gasteiger partial charge in [-0.05, 0) is 37.1 Å². The molecule has 4 rings (SSSR count). The first-order valence-corrected chi connectivity index (χ1v) is 9.14. The molecule has 0 unspecified atom stereocenters. The highest BCUT2D eigenvalue weighted by atomic mass is 32.2. The normalized spacial score (nSPS) is 13.8. The maximum atomic E-state index is 13.7. The Morgan fingerprint density at radius 3 is 2.56 bits per heavy atom. The number of nitrogens with zero attached hydrogens (tertiary/aromatic N) is 3. The predicted octanol–water partition coefficient (Wildman–Crippen LogP) is 4.26. The van der Waals surface area contributed by atoms with Crippen molar-refractivity contribution in [3.63, 3.8) is 0 Å². The molecule has 1 aliphatic rings. The third-order valence-corrected chi connectivity index (χ3v) is 4.90. The fraction of sp³-hybridized carbons (Fsp3) is 0.211. The van der Waals surface area contributed by atoms with Crippen molar-refractivity contribution in [3.05, 3.63) is 71.8 Å². The first-order chi connectivity index (χ1) is 12.2. The number of carbonyl (C=O) groups is 1. The van der Waals surface area contributed by atoms with E-state index in [2.05, 4.69) is 10.1 Å². The number of carbonyl (C=O) groups excluding carboxylic acids is 1. The smallest absolute Gasteiger partial charge is 0.209 e. The standard InChI is InChI=1S/C19H16FN3OS/c20-16-9-5-4-8-15(16)17(24)12-25-19-21-18(13-10-11-13)23(22-19)14-6-2-1-3-7-14/h1-9,13H,10-12H2. The van der Waals surface area contributed by atoms with E-state index in [0.29, 0.717) is 11.1 Å². The molecule has 2 aromatic carbocycles. The lowest BCUT2D eigenvalue weighted by atomic mass is 10.1. The van der Waals surface area contributed by atoms with Crippen LogP contribution in [-0.4, -0.2) is 26.3 Å². The van der Waals surface area contributed by atoms with Crippen molar-refractivity contribution in [1.82, 2.24) is 14.8 Å². The van der Waals surface area contributed by atoms with Crippen molar-refractivity contribution in [2.45, 2.75) is 23.9 Å². The van der Waals surface area contributed by atoms with E-state index in [1.807, 2.05) is 35.0 Å². The van der Waals surface area contributed by atoms with E-state index in [-0.39, 0.29) is 17.1 Å². The molecule has 4 nitrogen and oxygen atoms in total. The zero-order valence-corrected chi connectivity index (χ0v) is 14.2. The molecule has 0 spiro atoms. The summed E-state index contributed by atoms with van der Waals surface area (Å²) >= 11 is 1.25. The van der Waals surface area contributed by atoms with E-state index >= 15 is 0 Å². The van der Waals surface area contributed by atoms with Gasteiger partial charge < -0.3 is 0 Å². The number of para-hydroxylation sites is 1. The summed E-state index contributed by atoms with van der Waals surface area (Å²) < 4.78 is 15.6. The maximum absolute atomic E-state index is 13.7. The molecule has 1 fully saturated rings. The minimum absolute atomic E-state index is 0.111. The molecule has 0 atom stereocenters. The van der Waals surface area contributed by atoms with Crippen molar-refractivity contribution in [2.24, 2.45) is 0 Å². The molecule has 0 aliphatic heterocycles. The summed E-state index contributed by atoms with van der Waals surface area (Å²) in [6.45, 7) is 0. The number of benzene rings is 2. The van der Waals surface area contributed by atoms with Crippen LogP contribution in [-0.2, 0) is 0 Å². The predicted molar refractivity (Wildman–Crippen MR) is 94.8 cm³/mol. The molecule has 1 aromatic heterocycles. The zero-order valence-electron chi connectivity index (χ0n) is 13.4. The molecule has 1 aliphatic carbocycles. The SMILES string of the molecule is O=C(CSc1nc(C2CC2)n(-c2ccccc2)n1)c1ccccc1F. The molecule has 0 N–H and O–H groups in total. The lowest BCUT2D eigenvalue weighted by Gasteiger charge is -2.03. The van der Waals surface area contributed by atoms with E-state index in [0.717, 1.165) is 24.4 Å². The second-order valence-corrected chi connectivity index (χ2v) is 6.91. The van der Waals surface area contributed by atoms with Gasteiger partial charge in [0.15, 0.2) is 5.78 Å². The Morgan fingerprint density at radius 1 is 1.12 bits per heavy atom. The van der Waals surface area contributed by atoms with Gasteiger partial charge in [-0.25, -0.2) is 14.1 Å². The fourth-order valence-corrected chi connectivity index (χ4v) is 3.34. The lowest BCUT2D eigenvalue weighted by Crippen LogP contribution is -2.05. The van der Waals surface area contributed by atoms with Gasteiger partial charge in [-0.1, -0.05) is 42.1 Å². The third kappa shape index (κ3) is 3.49. The highest BCUT2D eigenvalue weighted by molar-refractivity contribution is 7.99. The van der Waals surface area contributed by atoms with Gasteiger partial charge in [-0.3, -0.25) is 4.79 Å². The van der Waals surface area contributed by atoms with Crippen molar-refractivity contribution >= 4 is 17.5 Å². The third-order valence-electron chi connectivity index (χ3n) is 4.06. The molecule has 0 bridgehead atoms. The Morgan fingerprint density at radius 2 is 1.84 bits per heavy atom. The maximum Gasteiger partial charge on any atom is 0.209 e. The van der Waals surface area contributed by atoms with Crippen LogP contribution < -0.4 is 0 Å². The fourth-order valence-electron chi connectivity index (χ4n) is 2.63. The minimum atomic E-state index is -0.491. The molecule has 0 radical (unpaired) electrons. The van der Waals surface area contributed by atoms with Gasteiger partial charge in [0, 0.05) is 5.92 Å². The van der Waals surface area contributed by atoms with Gasteiger partial charge in [0.2, 0.25) is 5.16 Å². The quantitative estimate of drug-likeness (QED) is 0.491. The van der Waals surface area contributed by atoms with Crippen LogP contribution in [0.4, 0.5) is 4.39 Å². The van der Waals surface area contributed by atoms with Crippen LogP contribution in [0.5, 0.6) is 0 Å². The van der Waals surface area contributed by atoms with Crippen molar-refractivity contribution in [2.75, 3.05) is 5.75 Å². The number of hydrogen-bond acceptors (Lipinski definition) is 4. The van der Waals surface area contributed by atoms with E-state index in [1.165, 1.54) is 23.9 Å². The monoisotopic (exact) mass is 353 g/mol. The van der Waals surface area contributed by atoms with Crippen LogP contribution in [0, 0.1) is 5.82 Å². The van der Waals surface area contributed by atoms with Gasteiger partial charge in [0.1, 0.15) is 11.6 Å². The molecular weight excluding hydrogens is 337 g/mol. The van der Waals surface area contributed by atoms with Gasteiger partial charge in [0.05, 0.1) is 17.0 Å². The zero-order chi connectivity index (χ0) is 17.2. The van der Waals surface area contributed by atoms with Crippen LogP contribution >= 0.6 is 11.8 Å². The first kappa shape index (κ1) is 16.0. The molecular formula is C19H16FN3OS.